The number of nitrogens with two attached hydrogens (primary N) is 4. The summed E-state index contributed by atoms with van der Waals surface area (Å²) in [5.41, 5.74) is 18.6. The highest BCUT2D eigenvalue weighted by atomic mass is 19.4. The number of benzene rings is 2. The zero-order valence-corrected chi connectivity index (χ0v) is 28.9. The van der Waals surface area contributed by atoms with E-state index >= 15 is 0 Å². The van der Waals surface area contributed by atoms with E-state index in [1.165, 1.54) is 29.2 Å². The summed E-state index contributed by atoms with van der Waals surface area (Å²) in [7, 11) is 0. The van der Waals surface area contributed by atoms with Gasteiger partial charge >= 0.3 is 42.7 Å². The number of imide groups is 1. The number of hydrogen-bond acceptors (Lipinski definition) is 6. The van der Waals surface area contributed by atoms with Crippen LogP contribution in [0.15, 0.2) is 58.5 Å². The van der Waals surface area contributed by atoms with Crippen LogP contribution in [0.3, 0.4) is 0 Å². The molecule has 1 heterocycles. The molecule has 2 aromatic carbocycles. The first-order valence-electron chi connectivity index (χ1n) is 15.6. The van der Waals surface area contributed by atoms with Gasteiger partial charge in [-0.25, -0.2) is 14.4 Å². The van der Waals surface area contributed by atoms with Gasteiger partial charge in [0.15, 0.2) is 11.9 Å². The molecule has 1 aliphatic rings. The van der Waals surface area contributed by atoms with E-state index in [0.29, 0.717) is 11.1 Å². The quantitative estimate of drug-likeness (QED) is 0.0587. The van der Waals surface area contributed by atoms with Crippen molar-refractivity contribution >= 4 is 35.8 Å². The van der Waals surface area contributed by atoms with Gasteiger partial charge in [0.05, 0.1) is 11.1 Å². The van der Waals surface area contributed by atoms with E-state index in [9.17, 15) is 62.3 Å². The molecule has 10 N–H and O–H groups in total. The third kappa shape index (κ3) is 15.6. The maximum Gasteiger partial charge on any atom is 0.490 e. The second-order valence-corrected chi connectivity index (χ2v) is 11.6. The van der Waals surface area contributed by atoms with Crippen molar-refractivity contribution in [3.05, 3.63) is 70.8 Å². The van der Waals surface area contributed by atoms with Crippen molar-refractivity contribution in [2.75, 3.05) is 26.2 Å². The third-order valence-electron chi connectivity index (χ3n) is 7.33. The first kappa shape index (κ1) is 49.0. The van der Waals surface area contributed by atoms with Crippen molar-refractivity contribution in [2.45, 2.75) is 55.9 Å². The van der Waals surface area contributed by atoms with Crippen LogP contribution in [0.4, 0.5) is 57.5 Å². The Hall–Kier alpha value is -5.98. The Morgan fingerprint density at radius 3 is 1.19 bits per heavy atom. The number of carboxylic acid groups (broad SMARTS) is 2. The number of halogens is 12. The molecule has 0 aromatic heterocycles. The fraction of sp³-hybridized carbons (Fsp3) is 0.419. The van der Waals surface area contributed by atoms with Crippen LogP contribution < -0.4 is 22.9 Å². The van der Waals surface area contributed by atoms with Gasteiger partial charge in [0, 0.05) is 39.0 Å². The molecule has 0 unspecified atom stereocenters. The Balaban J connectivity index is 0.000000984. The molecule has 3 amide bonds. The molecule has 2 aromatic rings. The standard InChI is InChI=1S/C27H32F6N8O2.2C2HF3O2/c28-26(29,30)19-7-3-17(4-8-19)15-25(16-18-5-9-20(10-6-18)27(31,32)33)21(42)40(13-1-11-38-22(34)35)24(43)41(25)14-2-12-39-23(36)37;2*3-2(4,5)1(6)7/h3-10H,1-2,11-16H2,(H4,34,35,38)(H4,36,37,39);2*(H,6,7). The summed E-state index contributed by atoms with van der Waals surface area (Å²) >= 11 is 0. The number of hydrogen-bond donors (Lipinski definition) is 6. The second-order valence-electron chi connectivity index (χ2n) is 11.6. The lowest BCUT2D eigenvalue weighted by Crippen LogP contribution is -2.53. The third-order valence-corrected chi connectivity index (χ3v) is 7.33. The number of rotatable bonds is 12. The molecule has 1 fully saturated rings. The van der Waals surface area contributed by atoms with Gasteiger partial charge in [-0.15, -0.1) is 0 Å². The van der Waals surface area contributed by atoms with Gasteiger partial charge in [-0.1, -0.05) is 24.3 Å². The minimum Gasteiger partial charge on any atom is -0.475 e. The summed E-state index contributed by atoms with van der Waals surface area (Å²) in [6, 6.07) is 7.57. The van der Waals surface area contributed by atoms with E-state index in [0.717, 1.165) is 29.2 Å². The van der Waals surface area contributed by atoms with Crippen molar-refractivity contribution in [3.8, 4) is 0 Å². The van der Waals surface area contributed by atoms with Crippen molar-refractivity contribution in [1.82, 2.24) is 9.80 Å². The number of carboxylic acids is 2. The van der Waals surface area contributed by atoms with Crippen LogP contribution in [-0.2, 0) is 39.6 Å². The van der Waals surface area contributed by atoms with Crippen LogP contribution in [0.2, 0.25) is 0 Å². The van der Waals surface area contributed by atoms with Crippen LogP contribution in [0.25, 0.3) is 0 Å². The van der Waals surface area contributed by atoms with Gasteiger partial charge in [-0.05, 0) is 48.2 Å². The smallest absolute Gasteiger partial charge is 0.475 e. The van der Waals surface area contributed by atoms with Crippen LogP contribution in [0, 0.1) is 0 Å². The Morgan fingerprint density at radius 2 is 0.912 bits per heavy atom. The van der Waals surface area contributed by atoms with E-state index in [2.05, 4.69) is 9.98 Å². The van der Waals surface area contributed by atoms with Crippen molar-refractivity contribution in [3.63, 3.8) is 0 Å². The number of carbonyl (C=O) groups excluding carboxylic acids is 2. The molecule has 0 aliphatic carbocycles. The number of aliphatic imine (C=N–C) groups is 2. The summed E-state index contributed by atoms with van der Waals surface area (Å²) in [6.45, 7) is 0.0871. The lowest BCUT2D eigenvalue weighted by atomic mass is 9.82. The highest BCUT2D eigenvalue weighted by Crippen LogP contribution is 2.37. The minimum atomic E-state index is -5.08. The summed E-state index contributed by atoms with van der Waals surface area (Å²) in [4.78, 5) is 55.6. The zero-order chi connectivity index (χ0) is 44.2. The van der Waals surface area contributed by atoms with Gasteiger partial charge < -0.3 is 38.0 Å². The van der Waals surface area contributed by atoms with Gasteiger partial charge in [-0.2, -0.15) is 52.7 Å². The van der Waals surface area contributed by atoms with Crippen LogP contribution in [0.1, 0.15) is 35.1 Å². The van der Waals surface area contributed by atoms with Gasteiger partial charge in [0.25, 0.3) is 5.91 Å². The molecule has 1 aliphatic heterocycles. The topological polar surface area (TPSA) is 244 Å². The minimum absolute atomic E-state index is 0.0347. The molecule has 0 radical (unpaired) electrons. The van der Waals surface area contributed by atoms with Crippen LogP contribution in [-0.4, -0.2) is 99.9 Å². The summed E-state index contributed by atoms with van der Waals surface area (Å²) in [6.07, 6.45) is -19.4. The highest BCUT2D eigenvalue weighted by Gasteiger charge is 2.56. The first-order chi connectivity index (χ1) is 25.9. The Kier molecular flexibility index (Phi) is 17.0. The van der Waals surface area contributed by atoms with E-state index in [1.54, 1.807) is 0 Å². The molecule has 3 rings (SSSR count). The van der Waals surface area contributed by atoms with Crippen LogP contribution >= 0.6 is 0 Å². The normalized spacial score (nSPS) is 14.2. The average Bonchev–Trinajstić information content (AvgIpc) is 3.24. The number of amides is 3. The largest absolute Gasteiger partial charge is 0.490 e. The molecule has 318 valence electrons. The monoisotopic (exact) mass is 842 g/mol. The fourth-order valence-electron chi connectivity index (χ4n) is 4.87. The number of nitrogens with zero attached hydrogens (tertiary/aromatic N) is 4. The van der Waals surface area contributed by atoms with Gasteiger partial charge in [0.2, 0.25) is 0 Å². The molecule has 26 heteroatoms. The van der Waals surface area contributed by atoms with Crippen molar-refractivity contribution in [1.29, 1.82) is 0 Å². The number of carbonyl (C=O) groups is 4. The molecule has 1 saturated heterocycles. The van der Waals surface area contributed by atoms with E-state index in [1.807, 2.05) is 0 Å². The SMILES string of the molecule is NC(N)=NCCCN1C(=O)N(CCCN=C(N)N)C(Cc2ccc(C(F)(F)F)cc2)(Cc2ccc(C(F)(F)F)cc2)C1=O.O=C(O)C(F)(F)F.O=C(O)C(F)(F)F. The number of guanidine groups is 2. The molecule has 14 nitrogen and oxygen atoms in total. The number of urea groups is 1. The second kappa shape index (κ2) is 19.7. The molecule has 0 atom stereocenters. The van der Waals surface area contributed by atoms with Crippen molar-refractivity contribution < 1.29 is 82.1 Å². The predicted octanol–water partition coefficient (Wildman–Crippen LogP) is 4.11. The lowest BCUT2D eigenvalue weighted by molar-refractivity contribution is -0.193. The molecular weight excluding hydrogens is 808 g/mol. The Morgan fingerprint density at radius 1 is 0.596 bits per heavy atom. The zero-order valence-electron chi connectivity index (χ0n) is 28.9. The maximum atomic E-state index is 14.1. The average molecular weight is 843 g/mol. The summed E-state index contributed by atoms with van der Waals surface area (Å²) in [5.74, 6) is -6.55. The lowest BCUT2D eigenvalue weighted by Gasteiger charge is -2.36. The number of aliphatic carboxylic acids is 2. The maximum absolute atomic E-state index is 14.1. The molecule has 0 saturated carbocycles. The highest BCUT2D eigenvalue weighted by molar-refractivity contribution is 6.07. The molecule has 57 heavy (non-hydrogen) atoms. The van der Waals surface area contributed by atoms with E-state index in [4.69, 9.17) is 42.7 Å². The molecule has 0 bridgehead atoms. The fourth-order valence-corrected chi connectivity index (χ4v) is 4.87. The van der Waals surface area contributed by atoms with E-state index in [-0.39, 0.29) is 63.8 Å². The Labute approximate surface area is 313 Å². The summed E-state index contributed by atoms with van der Waals surface area (Å²) in [5, 5.41) is 14.2. The van der Waals surface area contributed by atoms with E-state index < -0.39 is 65.2 Å². The van der Waals surface area contributed by atoms with Gasteiger partial charge in [-0.3, -0.25) is 19.7 Å². The first-order valence-corrected chi connectivity index (χ1v) is 15.6. The summed E-state index contributed by atoms with van der Waals surface area (Å²) < 4.78 is 143. The Bertz CT molecular complexity index is 1650. The van der Waals surface area contributed by atoms with Gasteiger partial charge in [0.1, 0.15) is 5.54 Å². The van der Waals surface area contributed by atoms with Crippen LogP contribution in [0.5, 0.6) is 0 Å². The number of alkyl halides is 12. The predicted molar refractivity (Wildman–Crippen MR) is 175 cm³/mol. The molecule has 0 spiro atoms. The molecular formula is C31H34F12N8O6. The van der Waals surface area contributed by atoms with Crippen molar-refractivity contribution in [2.24, 2.45) is 32.9 Å².